The first-order valence-corrected chi connectivity index (χ1v) is 5.58. The number of nitrogens with zero attached hydrogens (tertiary/aromatic N) is 5. The first kappa shape index (κ1) is 11.3. The van der Waals surface area contributed by atoms with Crippen LogP contribution in [-0.4, -0.2) is 24.7 Å². The Morgan fingerprint density at radius 3 is 2.58 bits per heavy atom. The van der Waals surface area contributed by atoms with Gasteiger partial charge in [0.15, 0.2) is 5.82 Å². The smallest absolute Gasteiger partial charge is 0.295 e. The van der Waals surface area contributed by atoms with E-state index in [0.717, 1.165) is 5.69 Å². The molecule has 3 rings (SSSR count). The minimum absolute atomic E-state index is 0.261. The predicted octanol–water partition coefficient (Wildman–Crippen LogP) is 0.737. The highest BCUT2D eigenvalue weighted by Crippen LogP contribution is 2.10. The van der Waals surface area contributed by atoms with E-state index in [4.69, 9.17) is 0 Å². The maximum Gasteiger partial charge on any atom is 0.442 e. The van der Waals surface area contributed by atoms with E-state index in [0.29, 0.717) is 5.82 Å². The average Bonchev–Trinajstić information content (AvgIpc) is 2.82. The molecule has 7 nitrogen and oxygen atoms in total. The minimum atomic E-state index is -0.562. The van der Waals surface area contributed by atoms with Gasteiger partial charge in [-0.25, -0.2) is 19.3 Å². The third-order valence-corrected chi connectivity index (χ3v) is 2.50. The SMILES string of the molecule is O=c1onc(-c2ncccn2)n1Cc1ccccn1. The zero-order valence-electron chi connectivity index (χ0n) is 9.80. The molecule has 0 spiro atoms. The van der Waals surface area contributed by atoms with Gasteiger partial charge in [-0.1, -0.05) is 11.2 Å². The highest BCUT2D eigenvalue weighted by molar-refractivity contribution is 5.41. The molecule has 0 fully saturated rings. The van der Waals surface area contributed by atoms with Crippen LogP contribution in [-0.2, 0) is 6.54 Å². The molecule has 0 aliphatic heterocycles. The lowest BCUT2D eigenvalue weighted by molar-refractivity contribution is 0.378. The standard InChI is InChI=1S/C12H9N5O2/c18-12-17(8-9-4-1-2-5-13-9)11(16-19-12)10-14-6-3-7-15-10/h1-7H,8H2. The Bertz CT molecular complexity index is 721. The molecule has 0 aromatic carbocycles. The van der Waals surface area contributed by atoms with Gasteiger partial charge in [-0.2, -0.15) is 0 Å². The zero-order chi connectivity index (χ0) is 13.1. The Kier molecular flexibility index (Phi) is 2.85. The maximum atomic E-state index is 11.7. The summed E-state index contributed by atoms with van der Waals surface area (Å²) in [5.74, 6) is 0.0636. The van der Waals surface area contributed by atoms with Gasteiger partial charge < -0.3 is 0 Å². The summed E-state index contributed by atoms with van der Waals surface area (Å²) in [6.07, 6.45) is 4.81. The summed E-state index contributed by atoms with van der Waals surface area (Å²) >= 11 is 0. The molecule has 3 aromatic rings. The van der Waals surface area contributed by atoms with Crippen LogP contribution in [0.1, 0.15) is 5.69 Å². The number of hydrogen-bond acceptors (Lipinski definition) is 6. The fraction of sp³-hybridized carbons (Fsp3) is 0.0833. The summed E-state index contributed by atoms with van der Waals surface area (Å²) < 4.78 is 6.02. The first-order chi connectivity index (χ1) is 9.34. The van der Waals surface area contributed by atoms with Crippen molar-refractivity contribution in [2.24, 2.45) is 0 Å². The maximum absolute atomic E-state index is 11.7. The second kappa shape index (κ2) is 4.81. The van der Waals surface area contributed by atoms with Crippen LogP contribution in [0, 0.1) is 0 Å². The first-order valence-electron chi connectivity index (χ1n) is 5.58. The molecule has 19 heavy (non-hydrogen) atoms. The fourth-order valence-electron chi connectivity index (χ4n) is 1.64. The Labute approximate surface area is 107 Å². The molecule has 0 aliphatic carbocycles. The van der Waals surface area contributed by atoms with Crippen molar-refractivity contribution in [3.63, 3.8) is 0 Å². The van der Waals surface area contributed by atoms with E-state index in [1.165, 1.54) is 4.57 Å². The molecule has 0 saturated carbocycles. The van der Waals surface area contributed by atoms with E-state index >= 15 is 0 Å². The molecule has 3 aromatic heterocycles. The van der Waals surface area contributed by atoms with Crippen molar-refractivity contribution in [1.29, 1.82) is 0 Å². The van der Waals surface area contributed by atoms with E-state index in [-0.39, 0.29) is 12.4 Å². The van der Waals surface area contributed by atoms with Crippen molar-refractivity contribution in [2.75, 3.05) is 0 Å². The molecule has 0 saturated heterocycles. The quantitative estimate of drug-likeness (QED) is 0.686. The molecule has 0 N–H and O–H groups in total. The second-order valence-electron chi connectivity index (χ2n) is 3.75. The van der Waals surface area contributed by atoms with E-state index in [1.807, 2.05) is 12.1 Å². The molecule has 0 bridgehead atoms. The third-order valence-electron chi connectivity index (χ3n) is 2.50. The van der Waals surface area contributed by atoms with Gasteiger partial charge in [0.1, 0.15) is 0 Å². The predicted molar refractivity (Wildman–Crippen MR) is 65.1 cm³/mol. The highest BCUT2D eigenvalue weighted by atomic mass is 16.5. The minimum Gasteiger partial charge on any atom is -0.295 e. The van der Waals surface area contributed by atoms with Crippen LogP contribution in [0.3, 0.4) is 0 Å². The topological polar surface area (TPSA) is 86.7 Å². The molecule has 7 heteroatoms. The molecule has 3 heterocycles. The Morgan fingerprint density at radius 1 is 1.05 bits per heavy atom. The normalized spacial score (nSPS) is 10.5. The summed E-state index contributed by atoms with van der Waals surface area (Å²) in [6, 6.07) is 7.15. The summed E-state index contributed by atoms with van der Waals surface area (Å²) in [6.45, 7) is 0.261. The van der Waals surface area contributed by atoms with Crippen LogP contribution in [0.4, 0.5) is 0 Å². The Morgan fingerprint density at radius 2 is 1.84 bits per heavy atom. The number of rotatable bonds is 3. The lowest BCUT2D eigenvalue weighted by Crippen LogP contribution is -2.17. The van der Waals surface area contributed by atoms with Gasteiger partial charge in [0.2, 0.25) is 5.82 Å². The number of aromatic nitrogens is 5. The van der Waals surface area contributed by atoms with Gasteiger partial charge >= 0.3 is 5.76 Å². The second-order valence-corrected chi connectivity index (χ2v) is 3.75. The van der Waals surface area contributed by atoms with E-state index in [1.54, 1.807) is 30.7 Å². The summed E-state index contributed by atoms with van der Waals surface area (Å²) in [7, 11) is 0. The van der Waals surface area contributed by atoms with Gasteiger partial charge in [-0.3, -0.25) is 9.51 Å². The van der Waals surface area contributed by atoms with Gasteiger partial charge in [0.25, 0.3) is 0 Å². The lowest BCUT2D eigenvalue weighted by atomic mass is 10.3. The van der Waals surface area contributed by atoms with Crippen molar-refractivity contribution in [3.05, 3.63) is 59.1 Å². The average molecular weight is 255 g/mol. The fourth-order valence-corrected chi connectivity index (χ4v) is 1.64. The molecule has 0 unspecified atom stereocenters. The monoisotopic (exact) mass is 255 g/mol. The van der Waals surface area contributed by atoms with Crippen LogP contribution in [0.15, 0.2) is 52.2 Å². The molecule has 0 atom stereocenters. The van der Waals surface area contributed by atoms with Crippen molar-refractivity contribution in [3.8, 4) is 11.6 Å². The largest absolute Gasteiger partial charge is 0.442 e. The van der Waals surface area contributed by atoms with E-state index < -0.39 is 5.76 Å². The van der Waals surface area contributed by atoms with E-state index in [2.05, 4.69) is 24.6 Å². The van der Waals surface area contributed by atoms with Crippen LogP contribution in [0.5, 0.6) is 0 Å². The van der Waals surface area contributed by atoms with Crippen molar-refractivity contribution in [2.45, 2.75) is 6.54 Å². The number of hydrogen-bond donors (Lipinski definition) is 0. The third kappa shape index (κ3) is 2.25. The van der Waals surface area contributed by atoms with Crippen LogP contribution in [0.2, 0.25) is 0 Å². The number of pyridine rings is 1. The van der Waals surface area contributed by atoms with E-state index in [9.17, 15) is 4.79 Å². The van der Waals surface area contributed by atoms with Gasteiger partial charge in [0, 0.05) is 18.6 Å². The van der Waals surface area contributed by atoms with Crippen LogP contribution >= 0.6 is 0 Å². The molecular weight excluding hydrogens is 246 g/mol. The van der Waals surface area contributed by atoms with Crippen molar-refractivity contribution >= 4 is 0 Å². The molecule has 0 radical (unpaired) electrons. The summed E-state index contributed by atoms with van der Waals surface area (Å²) in [5.41, 5.74) is 0.727. The van der Waals surface area contributed by atoms with Crippen molar-refractivity contribution in [1.82, 2.24) is 24.7 Å². The summed E-state index contributed by atoms with van der Waals surface area (Å²) in [5, 5.41) is 3.70. The zero-order valence-corrected chi connectivity index (χ0v) is 9.80. The molecular formula is C12H9N5O2. The Balaban J connectivity index is 2.03. The molecule has 94 valence electrons. The molecule has 0 aliphatic rings. The van der Waals surface area contributed by atoms with Gasteiger partial charge in [-0.05, 0) is 18.2 Å². The highest BCUT2D eigenvalue weighted by Gasteiger charge is 2.15. The lowest BCUT2D eigenvalue weighted by Gasteiger charge is -2.02. The van der Waals surface area contributed by atoms with Crippen molar-refractivity contribution < 1.29 is 4.52 Å². The Hall–Kier alpha value is -2.83. The van der Waals surface area contributed by atoms with Gasteiger partial charge in [-0.15, -0.1) is 0 Å². The summed E-state index contributed by atoms with van der Waals surface area (Å²) in [4.78, 5) is 23.9. The van der Waals surface area contributed by atoms with Crippen LogP contribution in [0.25, 0.3) is 11.6 Å². The molecule has 0 amide bonds. The van der Waals surface area contributed by atoms with Gasteiger partial charge in [0.05, 0.1) is 12.2 Å². The van der Waals surface area contributed by atoms with Crippen LogP contribution < -0.4 is 5.76 Å².